The first-order valence-corrected chi connectivity index (χ1v) is 11.9. The van der Waals surface area contributed by atoms with Crippen LogP contribution in [0.15, 0.2) is 60.7 Å². The second-order valence-electron chi connectivity index (χ2n) is 8.69. The predicted octanol–water partition coefficient (Wildman–Crippen LogP) is 4.30. The number of rotatable bonds is 6. The standard InChI is InChI=1S/C27H24ClN3O5/c1-16-20(28)6-4-8-22(16)31-14-18(12-25(31)32)26(33)30-21-7-3-2-5-19(21)27(34)29-13-17-9-10-23-24(11-17)36-15-35-23/h2-11,18H,12-15H2,1H3,(H,29,34)(H,30,33)/t18-/m0/s1. The van der Waals surface area contributed by atoms with Crippen molar-refractivity contribution in [2.45, 2.75) is 19.9 Å². The summed E-state index contributed by atoms with van der Waals surface area (Å²) >= 11 is 6.22. The lowest BCUT2D eigenvalue weighted by Crippen LogP contribution is -2.29. The van der Waals surface area contributed by atoms with Crippen LogP contribution in [0.2, 0.25) is 5.02 Å². The van der Waals surface area contributed by atoms with Crippen LogP contribution in [-0.2, 0) is 16.1 Å². The SMILES string of the molecule is Cc1c(Cl)cccc1N1C[C@@H](C(=O)Nc2ccccc2C(=O)NCc2ccc3c(c2)OCO3)CC1=O. The van der Waals surface area contributed by atoms with Crippen LogP contribution in [0.25, 0.3) is 0 Å². The van der Waals surface area contributed by atoms with Crippen molar-refractivity contribution in [1.29, 1.82) is 0 Å². The highest BCUT2D eigenvalue weighted by Crippen LogP contribution is 2.33. The minimum Gasteiger partial charge on any atom is -0.454 e. The monoisotopic (exact) mass is 505 g/mol. The average Bonchev–Trinajstić information content (AvgIpc) is 3.50. The van der Waals surface area contributed by atoms with Gasteiger partial charge in [-0.25, -0.2) is 0 Å². The van der Waals surface area contributed by atoms with E-state index in [1.807, 2.05) is 25.1 Å². The molecule has 2 heterocycles. The van der Waals surface area contributed by atoms with E-state index < -0.39 is 5.92 Å². The second-order valence-corrected chi connectivity index (χ2v) is 9.10. The summed E-state index contributed by atoms with van der Waals surface area (Å²) in [6, 6.07) is 17.6. The largest absolute Gasteiger partial charge is 0.454 e. The number of nitrogens with zero attached hydrogens (tertiary/aromatic N) is 1. The first kappa shape index (κ1) is 23.7. The van der Waals surface area contributed by atoms with Gasteiger partial charge in [0.15, 0.2) is 11.5 Å². The molecule has 0 aromatic heterocycles. The third kappa shape index (κ3) is 4.72. The summed E-state index contributed by atoms with van der Waals surface area (Å²) in [5.41, 5.74) is 3.06. The van der Waals surface area contributed by atoms with Crippen molar-refractivity contribution in [3.63, 3.8) is 0 Å². The van der Waals surface area contributed by atoms with Crippen molar-refractivity contribution >= 4 is 40.7 Å². The highest BCUT2D eigenvalue weighted by Gasteiger charge is 2.36. The molecule has 0 radical (unpaired) electrons. The van der Waals surface area contributed by atoms with Crippen LogP contribution in [0.3, 0.4) is 0 Å². The molecule has 2 aliphatic rings. The Kier molecular flexibility index (Phi) is 6.52. The molecule has 3 aromatic rings. The lowest BCUT2D eigenvalue weighted by Gasteiger charge is -2.20. The molecule has 1 atom stereocenters. The summed E-state index contributed by atoms with van der Waals surface area (Å²) in [4.78, 5) is 40.3. The van der Waals surface area contributed by atoms with Gasteiger partial charge in [-0.2, -0.15) is 0 Å². The molecule has 3 aromatic carbocycles. The molecular weight excluding hydrogens is 482 g/mol. The first-order valence-electron chi connectivity index (χ1n) is 11.5. The van der Waals surface area contributed by atoms with E-state index in [0.717, 1.165) is 11.1 Å². The maximum Gasteiger partial charge on any atom is 0.253 e. The summed E-state index contributed by atoms with van der Waals surface area (Å²) in [6.07, 6.45) is 0.0796. The number of fused-ring (bicyclic) bond motifs is 1. The molecule has 0 spiro atoms. The zero-order chi connectivity index (χ0) is 25.2. The van der Waals surface area contributed by atoms with Crippen molar-refractivity contribution in [3.8, 4) is 11.5 Å². The molecule has 1 fully saturated rings. The van der Waals surface area contributed by atoms with E-state index in [1.165, 1.54) is 0 Å². The van der Waals surface area contributed by atoms with Gasteiger partial charge in [-0.05, 0) is 54.4 Å². The number of carbonyl (C=O) groups excluding carboxylic acids is 3. The number of anilines is 2. The highest BCUT2D eigenvalue weighted by atomic mass is 35.5. The number of hydrogen-bond acceptors (Lipinski definition) is 5. The van der Waals surface area contributed by atoms with Crippen LogP contribution < -0.4 is 25.0 Å². The van der Waals surface area contributed by atoms with Gasteiger partial charge in [0.2, 0.25) is 18.6 Å². The van der Waals surface area contributed by atoms with E-state index in [1.54, 1.807) is 47.4 Å². The fraction of sp³-hybridized carbons (Fsp3) is 0.222. The van der Waals surface area contributed by atoms with Gasteiger partial charge in [0.1, 0.15) is 0 Å². The van der Waals surface area contributed by atoms with E-state index in [0.29, 0.717) is 33.5 Å². The normalized spacial score (nSPS) is 16.2. The molecule has 1 saturated heterocycles. The number of nitrogens with one attached hydrogen (secondary N) is 2. The quantitative estimate of drug-likeness (QED) is 0.520. The van der Waals surface area contributed by atoms with Gasteiger partial charge in [-0.15, -0.1) is 0 Å². The third-order valence-corrected chi connectivity index (χ3v) is 6.75. The van der Waals surface area contributed by atoms with E-state index in [4.69, 9.17) is 21.1 Å². The minimum atomic E-state index is -0.555. The predicted molar refractivity (Wildman–Crippen MR) is 135 cm³/mol. The van der Waals surface area contributed by atoms with E-state index in [2.05, 4.69) is 10.6 Å². The summed E-state index contributed by atoms with van der Waals surface area (Å²) in [7, 11) is 0. The molecule has 0 unspecified atom stereocenters. The molecule has 5 rings (SSSR count). The summed E-state index contributed by atoms with van der Waals surface area (Å²) in [6.45, 7) is 2.55. The number of carbonyl (C=O) groups is 3. The molecule has 0 aliphatic carbocycles. The molecule has 184 valence electrons. The zero-order valence-electron chi connectivity index (χ0n) is 19.5. The number of hydrogen-bond donors (Lipinski definition) is 2. The fourth-order valence-corrected chi connectivity index (χ4v) is 4.53. The smallest absolute Gasteiger partial charge is 0.253 e. The molecular formula is C27H24ClN3O5. The summed E-state index contributed by atoms with van der Waals surface area (Å²) in [5.74, 6) is -0.0325. The maximum absolute atomic E-state index is 13.1. The Morgan fingerprint density at radius 1 is 1.06 bits per heavy atom. The molecule has 0 saturated carbocycles. The summed E-state index contributed by atoms with van der Waals surface area (Å²) in [5, 5.41) is 6.28. The Bertz CT molecular complexity index is 1360. The van der Waals surface area contributed by atoms with Crippen LogP contribution in [0.1, 0.15) is 27.9 Å². The van der Waals surface area contributed by atoms with Crippen LogP contribution >= 0.6 is 11.6 Å². The van der Waals surface area contributed by atoms with Gasteiger partial charge in [0.05, 0.1) is 17.2 Å². The van der Waals surface area contributed by atoms with Gasteiger partial charge in [0, 0.05) is 30.2 Å². The van der Waals surface area contributed by atoms with Crippen molar-refractivity contribution in [2.24, 2.45) is 5.92 Å². The Morgan fingerprint density at radius 2 is 1.86 bits per heavy atom. The lowest BCUT2D eigenvalue weighted by atomic mass is 10.1. The molecule has 36 heavy (non-hydrogen) atoms. The highest BCUT2D eigenvalue weighted by molar-refractivity contribution is 6.31. The van der Waals surface area contributed by atoms with Crippen LogP contribution in [-0.4, -0.2) is 31.1 Å². The Hall–Kier alpha value is -4.04. The number of ether oxygens (including phenoxy) is 2. The van der Waals surface area contributed by atoms with Crippen molar-refractivity contribution in [1.82, 2.24) is 5.32 Å². The third-order valence-electron chi connectivity index (χ3n) is 6.35. The molecule has 0 bridgehead atoms. The summed E-state index contributed by atoms with van der Waals surface area (Å²) < 4.78 is 10.7. The Morgan fingerprint density at radius 3 is 2.72 bits per heavy atom. The van der Waals surface area contributed by atoms with E-state index >= 15 is 0 Å². The van der Waals surface area contributed by atoms with Crippen LogP contribution in [0.5, 0.6) is 11.5 Å². The Balaban J connectivity index is 1.25. The second kappa shape index (κ2) is 9.91. The molecule has 2 N–H and O–H groups in total. The van der Waals surface area contributed by atoms with E-state index in [9.17, 15) is 14.4 Å². The number of halogens is 1. The van der Waals surface area contributed by atoms with Crippen LogP contribution in [0.4, 0.5) is 11.4 Å². The van der Waals surface area contributed by atoms with Crippen molar-refractivity contribution in [3.05, 3.63) is 82.4 Å². The fourth-order valence-electron chi connectivity index (χ4n) is 4.36. The molecule has 2 aliphatic heterocycles. The number of amides is 3. The molecule has 3 amide bonds. The van der Waals surface area contributed by atoms with Gasteiger partial charge in [-0.3, -0.25) is 14.4 Å². The van der Waals surface area contributed by atoms with Crippen LogP contribution in [0, 0.1) is 12.8 Å². The van der Waals surface area contributed by atoms with Crippen molar-refractivity contribution < 1.29 is 23.9 Å². The maximum atomic E-state index is 13.1. The van der Waals surface area contributed by atoms with Gasteiger partial charge >= 0.3 is 0 Å². The Labute approximate surface area is 213 Å². The zero-order valence-corrected chi connectivity index (χ0v) is 20.3. The lowest BCUT2D eigenvalue weighted by molar-refractivity contribution is -0.122. The number of benzene rings is 3. The molecule has 9 heteroatoms. The van der Waals surface area contributed by atoms with Gasteiger partial charge in [0.25, 0.3) is 5.91 Å². The average molecular weight is 506 g/mol. The topological polar surface area (TPSA) is 97.0 Å². The first-order chi connectivity index (χ1) is 17.4. The van der Waals surface area contributed by atoms with Crippen molar-refractivity contribution in [2.75, 3.05) is 23.6 Å². The van der Waals surface area contributed by atoms with Gasteiger partial charge in [-0.1, -0.05) is 35.9 Å². The minimum absolute atomic E-state index is 0.0796. The number of para-hydroxylation sites is 1. The van der Waals surface area contributed by atoms with Gasteiger partial charge < -0.3 is 25.0 Å². The van der Waals surface area contributed by atoms with E-state index in [-0.39, 0.29) is 44.0 Å². The molecule has 8 nitrogen and oxygen atoms in total.